The summed E-state index contributed by atoms with van der Waals surface area (Å²) >= 11 is 13.3. The molecule has 0 aromatic rings. The van der Waals surface area contributed by atoms with Gasteiger partial charge >= 0.3 is 6.09 Å². The number of aliphatic hydroxyl groups is 2. The minimum Gasteiger partial charge on any atom is -0.438 e. The largest absolute Gasteiger partial charge is 0.438 e. The Labute approximate surface area is 282 Å². The molecule has 41 heavy (non-hydrogen) atoms. The molecule has 12 nitrogen and oxygen atoms in total. The predicted octanol–water partition coefficient (Wildman–Crippen LogP) is 4.29. The average molecular weight is 769 g/mol. The van der Waals surface area contributed by atoms with Crippen LogP contribution in [0.4, 0.5) is 9.59 Å². The monoisotopic (exact) mass is 768 g/mol. The number of aliphatic imine (C=N–C) groups is 2. The second kappa shape index (κ2) is 35.5. The zero-order valence-corrected chi connectivity index (χ0v) is 30.2. The Hall–Kier alpha value is 1.06. The van der Waals surface area contributed by atoms with Gasteiger partial charge in [-0.05, 0) is 0 Å². The minimum absolute atomic E-state index is 0.0241. The van der Waals surface area contributed by atoms with E-state index in [1.165, 1.54) is 47.2 Å². The first kappa shape index (κ1) is 42.1. The zero-order valence-electron chi connectivity index (χ0n) is 22.1. The van der Waals surface area contributed by atoms with E-state index in [-0.39, 0.29) is 29.0 Å². The molecule has 0 heterocycles. The molecule has 0 aliphatic rings. The number of aliphatic hydroxyl groups excluding tert-OH is 2. The van der Waals surface area contributed by atoms with Gasteiger partial charge in [-0.3, -0.25) is 14.0 Å². The van der Waals surface area contributed by atoms with Gasteiger partial charge in [0.1, 0.15) is 11.9 Å². The molecule has 0 aromatic carbocycles. The molecule has 2 amide bonds. The summed E-state index contributed by atoms with van der Waals surface area (Å²) in [6.45, 7) is 0. The van der Waals surface area contributed by atoms with Crippen molar-refractivity contribution in [2.45, 2.75) is 0 Å². The van der Waals surface area contributed by atoms with E-state index in [1.807, 2.05) is 0 Å². The lowest BCUT2D eigenvalue weighted by Crippen LogP contribution is -2.23. The van der Waals surface area contributed by atoms with Crippen LogP contribution in [0.25, 0.3) is 0 Å². The van der Waals surface area contributed by atoms with Crippen LogP contribution in [-0.2, 0) is 25.3 Å². The van der Waals surface area contributed by atoms with Crippen LogP contribution < -0.4 is 10.6 Å². The van der Waals surface area contributed by atoms with Crippen molar-refractivity contribution < 1.29 is 38.5 Å². The van der Waals surface area contributed by atoms with E-state index in [0.717, 1.165) is 44.3 Å². The number of thioether (sulfide) groups is 9. The Morgan fingerprint density at radius 2 is 1.44 bits per heavy atom. The maximum Gasteiger partial charge on any atom is 0.408 e. The number of carbonyl (C=O) groups excluding carboxylic acids is 2. The molecule has 0 aliphatic carbocycles. The van der Waals surface area contributed by atoms with E-state index < -0.39 is 16.9 Å². The number of alkyl carbamates (subject to hydrolysis) is 1. The Morgan fingerprint density at radius 1 is 0.780 bits per heavy atom. The van der Waals surface area contributed by atoms with Gasteiger partial charge in [-0.25, -0.2) is 9.79 Å². The third-order valence-electron chi connectivity index (χ3n) is 3.32. The van der Waals surface area contributed by atoms with Crippen LogP contribution in [-0.4, -0.2) is 123 Å². The SMILES string of the molecule is O=C(NCSCSC/N=C\S(=O)CCSCSCCSC(=O)NCSCSC/N=C\OOCSCO)OCSCO. The molecular weight excluding hydrogens is 733 g/mol. The average Bonchev–Trinajstić information content (AvgIpc) is 2.96. The first-order valence-electron chi connectivity index (χ1n) is 11.4. The summed E-state index contributed by atoms with van der Waals surface area (Å²) in [5, 5.41) is 25.0. The second-order valence-corrected chi connectivity index (χ2v) is 17.7. The summed E-state index contributed by atoms with van der Waals surface area (Å²) in [6, 6.07) is 0. The Kier molecular flexibility index (Phi) is 36.5. The standard InChI is InChI=1S/C19H36N4O8S10/c24-11-38-13-29-18(26)22-8-36-17-35-7-21-10-41(28)4-3-33-15-32-1-2-40-19(27)23-9-37-16-34-6-20-5-30-31-14-39-12-25/h5,10,24-25H,1-4,6-9,11-17H2,(H,22,26)(H,23,27)/b20-5-,21-10-. The van der Waals surface area contributed by atoms with E-state index in [1.54, 1.807) is 58.8 Å². The molecular formula is C19H36N4O8S10. The number of amides is 2. The smallest absolute Gasteiger partial charge is 0.408 e. The molecule has 22 heteroatoms. The molecule has 0 radical (unpaired) electrons. The van der Waals surface area contributed by atoms with Crippen molar-refractivity contribution in [1.29, 1.82) is 0 Å². The minimum atomic E-state index is -1.08. The zero-order chi connectivity index (χ0) is 30.1. The summed E-state index contributed by atoms with van der Waals surface area (Å²) < 4.78 is 16.8. The van der Waals surface area contributed by atoms with Gasteiger partial charge in [-0.15, -0.1) is 58.8 Å². The van der Waals surface area contributed by atoms with Crippen LogP contribution >= 0.6 is 106 Å². The highest BCUT2D eigenvalue weighted by atomic mass is 32.2. The lowest BCUT2D eigenvalue weighted by molar-refractivity contribution is -0.196. The van der Waals surface area contributed by atoms with Crippen molar-refractivity contribution in [2.24, 2.45) is 9.98 Å². The lowest BCUT2D eigenvalue weighted by Gasteiger charge is -2.05. The lowest BCUT2D eigenvalue weighted by atomic mass is 11.0. The predicted molar refractivity (Wildman–Crippen MR) is 191 cm³/mol. The topological polar surface area (TPSA) is 168 Å². The molecule has 0 aliphatic heterocycles. The molecule has 1 unspecified atom stereocenters. The van der Waals surface area contributed by atoms with Crippen molar-refractivity contribution in [3.63, 3.8) is 0 Å². The molecule has 0 fully saturated rings. The van der Waals surface area contributed by atoms with Gasteiger partial charge in [0.25, 0.3) is 5.24 Å². The summed E-state index contributed by atoms with van der Waals surface area (Å²) in [7, 11) is -1.08. The van der Waals surface area contributed by atoms with E-state index in [2.05, 4.69) is 25.5 Å². The molecule has 240 valence electrons. The fraction of sp³-hybridized carbons (Fsp3) is 0.789. The van der Waals surface area contributed by atoms with E-state index in [4.69, 9.17) is 19.8 Å². The van der Waals surface area contributed by atoms with Crippen molar-refractivity contribution in [3.05, 3.63) is 0 Å². The Bertz CT molecular complexity index is 719. The van der Waals surface area contributed by atoms with E-state index in [0.29, 0.717) is 29.3 Å². The Balaban J connectivity index is 3.39. The summed E-state index contributed by atoms with van der Waals surface area (Å²) in [5.41, 5.74) is 1.49. The van der Waals surface area contributed by atoms with Crippen LogP contribution in [0.3, 0.4) is 0 Å². The van der Waals surface area contributed by atoms with Crippen LogP contribution in [0.15, 0.2) is 9.98 Å². The highest BCUT2D eigenvalue weighted by molar-refractivity contribution is 8.18. The number of ether oxygens (including phenoxy) is 1. The van der Waals surface area contributed by atoms with Gasteiger partial charge in [-0.2, -0.15) is 28.4 Å². The normalized spacial score (nSPS) is 12.1. The highest BCUT2D eigenvalue weighted by Crippen LogP contribution is 2.16. The Morgan fingerprint density at radius 3 is 2.20 bits per heavy atom. The third-order valence-corrected chi connectivity index (χ3v) is 12.9. The number of hydrogen-bond acceptors (Lipinski definition) is 19. The first-order valence-corrected chi connectivity index (χ1v) is 23.0. The maximum atomic E-state index is 12.0. The molecule has 0 aromatic heterocycles. The highest BCUT2D eigenvalue weighted by Gasteiger charge is 2.03. The van der Waals surface area contributed by atoms with Crippen molar-refractivity contribution in [3.8, 4) is 0 Å². The van der Waals surface area contributed by atoms with Crippen LogP contribution in [0.1, 0.15) is 0 Å². The molecule has 0 bridgehead atoms. The molecule has 0 spiro atoms. The summed E-state index contributed by atoms with van der Waals surface area (Å²) in [4.78, 5) is 40.7. The first-order chi connectivity index (χ1) is 20.1. The maximum absolute atomic E-state index is 12.0. The van der Waals surface area contributed by atoms with Gasteiger partial charge < -0.3 is 30.5 Å². The molecule has 1 atom stereocenters. The fourth-order valence-corrected chi connectivity index (χ4v) is 9.41. The molecule has 0 saturated carbocycles. The van der Waals surface area contributed by atoms with Gasteiger partial charge in [0.2, 0.25) is 6.40 Å². The van der Waals surface area contributed by atoms with E-state index >= 15 is 0 Å². The molecule has 0 saturated heterocycles. The number of nitrogens with zero attached hydrogens (tertiary/aromatic N) is 2. The number of rotatable bonds is 29. The number of hydrogen-bond donors (Lipinski definition) is 4. The van der Waals surface area contributed by atoms with Crippen LogP contribution in [0.5, 0.6) is 0 Å². The van der Waals surface area contributed by atoms with Crippen LogP contribution in [0, 0.1) is 0 Å². The van der Waals surface area contributed by atoms with Crippen molar-refractivity contribution in [2.75, 3.05) is 85.5 Å². The molecule has 4 N–H and O–H groups in total. The summed E-state index contributed by atoms with van der Waals surface area (Å²) in [6.07, 6.45) is 0.708. The fourth-order valence-electron chi connectivity index (χ4n) is 1.70. The third kappa shape index (κ3) is 35.4. The van der Waals surface area contributed by atoms with Gasteiger partial charge in [0.05, 0.1) is 51.7 Å². The van der Waals surface area contributed by atoms with Gasteiger partial charge in [0, 0.05) is 38.3 Å². The quantitative estimate of drug-likeness (QED) is 0.0212. The van der Waals surface area contributed by atoms with Crippen molar-refractivity contribution >= 4 is 140 Å². The molecule has 0 rings (SSSR count). The van der Waals surface area contributed by atoms with E-state index in [9.17, 15) is 13.8 Å². The van der Waals surface area contributed by atoms with Crippen LogP contribution in [0.2, 0.25) is 0 Å². The van der Waals surface area contributed by atoms with Crippen molar-refractivity contribution in [1.82, 2.24) is 10.6 Å². The summed E-state index contributed by atoms with van der Waals surface area (Å²) in [5.74, 6) is 5.19. The second-order valence-electron chi connectivity index (χ2n) is 6.23. The van der Waals surface area contributed by atoms with Gasteiger partial charge in [-0.1, -0.05) is 23.5 Å². The number of nitrogens with one attached hydrogen (secondary N) is 2. The van der Waals surface area contributed by atoms with Gasteiger partial charge in [0.15, 0.2) is 0 Å². The number of carbonyl (C=O) groups is 2.